The van der Waals surface area contributed by atoms with Crippen molar-refractivity contribution in [3.8, 4) is 11.3 Å². The highest BCUT2D eigenvalue weighted by Crippen LogP contribution is 2.22. The van der Waals surface area contributed by atoms with E-state index < -0.39 is 0 Å². The Morgan fingerprint density at radius 3 is 2.90 bits per heavy atom. The largest absolute Gasteiger partial charge is 0.399 e. The molecule has 2 aromatic rings. The molecule has 1 amide bonds. The van der Waals surface area contributed by atoms with Gasteiger partial charge in [0.25, 0.3) is 0 Å². The fourth-order valence-electron chi connectivity index (χ4n) is 1.97. The molecule has 0 aliphatic rings. The first-order chi connectivity index (χ1) is 10.0. The number of nitrogens with zero attached hydrogens (tertiary/aromatic N) is 1. The Bertz CT molecular complexity index is 690. The lowest BCUT2D eigenvalue weighted by Crippen LogP contribution is -2.36. The summed E-state index contributed by atoms with van der Waals surface area (Å²) in [6.07, 6.45) is 0.854. The number of aromatic nitrogens is 1. The van der Waals surface area contributed by atoms with Crippen molar-refractivity contribution in [1.82, 2.24) is 9.88 Å². The zero-order valence-corrected chi connectivity index (χ0v) is 12.9. The zero-order valence-electron chi connectivity index (χ0n) is 12.1. The third-order valence-electron chi connectivity index (χ3n) is 3.29. The molecule has 3 N–H and O–H groups in total. The number of benzene rings is 1. The second-order valence-corrected chi connectivity index (χ2v) is 5.80. The molecule has 21 heavy (non-hydrogen) atoms. The van der Waals surface area contributed by atoms with Crippen molar-refractivity contribution in [1.29, 1.82) is 0 Å². The van der Waals surface area contributed by atoms with Crippen molar-refractivity contribution in [2.24, 2.45) is 0 Å². The third kappa shape index (κ3) is 3.72. The average molecular weight is 305 g/mol. The predicted molar refractivity (Wildman–Crippen MR) is 86.3 cm³/mol. The van der Waals surface area contributed by atoms with Gasteiger partial charge in [-0.05, 0) is 25.5 Å². The lowest BCUT2D eigenvalue weighted by Gasteiger charge is -2.13. The second-order valence-electron chi connectivity index (χ2n) is 4.98. The summed E-state index contributed by atoms with van der Waals surface area (Å²) in [7, 11) is 0. The van der Waals surface area contributed by atoms with Crippen molar-refractivity contribution in [2.45, 2.75) is 32.9 Å². The van der Waals surface area contributed by atoms with Crippen molar-refractivity contribution in [3.63, 3.8) is 0 Å². The number of nitrogens with two attached hydrogens (primary N) is 1. The minimum absolute atomic E-state index is 0.0246. The van der Waals surface area contributed by atoms with Crippen LogP contribution >= 0.6 is 11.3 Å². The van der Waals surface area contributed by atoms with Crippen LogP contribution in [0.5, 0.6) is 0 Å². The number of hydrogen-bond donors (Lipinski definition) is 2. The summed E-state index contributed by atoms with van der Waals surface area (Å²) in [5.41, 5.74) is 7.96. The van der Waals surface area contributed by atoms with E-state index in [-0.39, 0.29) is 23.4 Å². The summed E-state index contributed by atoms with van der Waals surface area (Å²) in [6.45, 7) is 3.96. The van der Waals surface area contributed by atoms with Crippen LogP contribution in [0.15, 0.2) is 34.4 Å². The van der Waals surface area contributed by atoms with Gasteiger partial charge in [-0.25, -0.2) is 0 Å². The van der Waals surface area contributed by atoms with E-state index in [0.717, 1.165) is 29.0 Å². The van der Waals surface area contributed by atoms with Gasteiger partial charge in [0, 0.05) is 22.7 Å². The molecular formula is C15H19N3O2S. The molecule has 0 fully saturated rings. The van der Waals surface area contributed by atoms with Gasteiger partial charge < -0.3 is 11.1 Å². The number of nitrogen functional groups attached to an aromatic ring is 1. The van der Waals surface area contributed by atoms with Gasteiger partial charge >= 0.3 is 4.87 Å². The molecule has 0 saturated carbocycles. The van der Waals surface area contributed by atoms with Crippen LogP contribution in [0, 0.1) is 0 Å². The maximum absolute atomic E-state index is 12.0. The quantitative estimate of drug-likeness (QED) is 0.830. The SMILES string of the molecule is CCC(C)NC(=O)Cn1c(-c2cccc(N)c2)csc1=O. The molecule has 0 radical (unpaired) electrons. The van der Waals surface area contributed by atoms with Crippen LogP contribution in [0.1, 0.15) is 20.3 Å². The number of amides is 1. The smallest absolute Gasteiger partial charge is 0.308 e. The molecule has 6 heteroatoms. The first-order valence-corrected chi connectivity index (χ1v) is 7.72. The third-order valence-corrected chi connectivity index (χ3v) is 4.05. The Labute approximate surface area is 127 Å². The normalized spacial score (nSPS) is 12.1. The topological polar surface area (TPSA) is 77.1 Å². The zero-order chi connectivity index (χ0) is 15.4. The molecule has 5 nitrogen and oxygen atoms in total. The summed E-state index contributed by atoms with van der Waals surface area (Å²) < 4.78 is 1.48. The number of thiazole rings is 1. The second kappa shape index (κ2) is 6.58. The average Bonchev–Trinajstić information content (AvgIpc) is 2.80. The molecule has 1 aromatic carbocycles. The van der Waals surface area contributed by atoms with Crippen LogP contribution in [-0.4, -0.2) is 16.5 Å². The molecule has 1 atom stereocenters. The molecule has 0 aliphatic heterocycles. The van der Waals surface area contributed by atoms with E-state index >= 15 is 0 Å². The first-order valence-electron chi connectivity index (χ1n) is 6.85. The fraction of sp³-hybridized carbons (Fsp3) is 0.333. The van der Waals surface area contributed by atoms with Gasteiger partial charge in [-0.1, -0.05) is 30.4 Å². The molecular weight excluding hydrogens is 286 g/mol. The van der Waals surface area contributed by atoms with Gasteiger partial charge in [-0.3, -0.25) is 14.2 Å². The number of hydrogen-bond acceptors (Lipinski definition) is 4. The summed E-state index contributed by atoms with van der Waals surface area (Å²) in [5.74, 6) is -0.157. The van der Waals surface area contributed by atoms with Gasteiger partial charge in [0.15, 0.2) is 0 Å². The Morgan fingerprint density at radius 2 is 2.24 bits per heavy atom. The van der Waals surface area contributed by atoms with E-state index in [4.69, 9.17) is 5.73 Å². The molecule has 1 aromatic heterocycles. The maximum atomic E-state index is 12.0. The Kier molecular flexibility index (Phi) is 4.80. The van der Waals surface area contributed by atoms with E-state index in [1.165, 1.54) is 4.57 Å². The van der Waals surface area contributed by atoms with Gasteiger partial charge in [0.05, 0.1) is 5.69 Å². The first kappa shape index (κ1) is 15.3. The molecule has 0 bridgehead atoms. The molecule has 1 unspecified atom stereocenters. The van der Waals surface area contributed by atoms with E-state index in [9.17, 15) is 9.59 Å². The van der Waals surface area contributed by atoms with E-state index in [2.05, 4.69) is 5.32 Å². The van der Waals surface area contributed by atoms with Gasteiger partial charge in [0.2, 0.25) is 5.91 Å². The highest BCUT2D eigenvalue weighted by Gasteiger charge is 2.13. The van der Waals surface area contributed by atoms with Crippen LogP contribution in [0.25, 0.3) is 11.3 Å². The van der Waals surface area contributed by atoms with Crippen molar-refractivity contribution in [3.05, 3.63) is 39.3 Å². The van der Waals surface area contributed by atoms with Crippen molar-refractivity contribution < 1.29 is 4.79 Å². The molecule has 2 rings (SSSR count). The number of carbonyl (C=O) groups is 1. The molecule has 0 aliphatic carbocycles. The summed E-state index contributed by atoms with van der Waals surface area (Å²) in [5, 5.41) is 4.62. The van der Waals surface area contributed by atoms with Crippen molar-refractivity contribution >= 4 is 22.9 Å². The number of rotatable bonds is 5. The van der Waals surface area contributed by atoms with E-state index in [1.54, 1.807) is 17.5 Å². The summed E-state index contributed by atoms with van der Waals surface area (Å²) >= 11 is 1.08. The van der Waals surface area contributed by atoms with E-state index in [0.29, 0.717) is 5.69 Å². The molecule has 112 valence electrons. The number of nitrogens with one attached hydrogen (secondary N) is 1. The van der Waals surface area contributed by atoms with Crippen LogP contribution in [0.3, 0.4) is 0 Å². The fourth-order valence-corrected chi connectivity index (χ4v) is 2.74. The minimum Gasteiger partial charge on any atom is -0.399 e. The number of anilines is 1. The summed E-state index contributed by atoms with van der Waals surface area (Å²) in [6, 6.07) is 7.39. The lowest BCUT2D eigenvalue weighted by atomic mass is 10.1. The standard InChI is InChI=1S/C15H19N3O2S/c1-3-10(2)17-14(19)8-18-13(9-21-15(18)20)11-5-4-6-12(16)7-11/h4-7,9-10H,3,8,16H2,1-2H3,(H,17,19). The van der Waals surface area contributed by atoms with Crippen molar-refractivity contribution in [2.75, 3.05) is 5.73 Å². The Balaban J connectivity index is 2.27. The van der Waals surface area contributed by atoms with Crippen LogP contribution in [0.4, 0.5) is 5.69 Å². The van der Waals surface area contributed by atoms with Crippen LogP contribution in [-0.2, 0) is 11.3 Å². The van der Waals surface area contributed by atoms with Gasteiger partial charge in [-0.2, -0.15) is 0 Å². The molecule has 0 saturated heterocycles. The minimum atomic E-state index is -0.157. The lowest BCUT2D eigenvalue weighted by molar-refractivity contribution is -0.122. The number of carbonyl (C=O) groups excluding carboxylic acids is 1. The maximum Gasteiger partial charge on any atom is 0.308 e. The molecule has 1 heterocycles. The Hall–Kier alpha value is -2.08. The van der Waals surface area contributed by atoms with Crippen LogP contribution in [0.2, 0.25) is 0 Å². The highest BCUT2D eigenvalue weighted by molar-refractivity contribution is 7.07. The highest BCUT2D eigenvalue weighted by atomic mass is 32.1. The monoisotopic (exact) mass is 305 g/mol. The summed E-state index contributed by atoms with van der Waals surface area (Å²) in [4.78, 5) is 23.8. The predicted octanol–water partition coefficient (Wildman–Crippen LogP) is 2.07. The molecule has 0 spiro atoms. The van der Waals surface area contributed by atoms with Gasteiger partial charge in [-0.15, -0.1) is 0 Å². The van der Waals surface area contributed by atoms with Gasteiger partial charge in [0.1, 0.15) is 6.54 Å². The Morgan fingerprint density at radius 1 is 1.48 bits per heavy atom. The van der Waals surface area contributed by atoms with Crippen LogP contribution < -0.4 is 15.9 Å². The van der Waals surface area contributed by atoms with E-state index in [1.807, 2.05) is 26.0 Å².